The fraction of sp³-hybridized carbons (Fsp3) is 0.333. The Morgan fingerprint density at radius 1 is 1.22 bits per heavy atom. The van der Waals surface area contributed by atoms with Gasteiger partial charge in [-0.25, -0.2) is 19.7 Å². The first-order chi connectivity index (χ1) is 12.8. The van der Waals surface area contributed by atoms with Gasteiger partial charge in [0.25, 0.3) is 0 Å². The minimum atomic E-state index is -0.507. The van der Waals surface area contributed by atoms with E-state index in [2.05, 4.69) is 30.6 Å². The van der Waals surface area contributed by atoms with Gasteiger partial charge in [-0.3, -0.25) is 0 Å². The second-order valence-corrected chi connectivity index (χ2v) is 7.26. The van der Waals surface area contributed by atoms with E-state index in [1.54, 1.807) is 6.20 Å². The van der Waals surface area contributed by atoms with Crippen molar-refractivity contribution in [3.05, 3.63) is 35.9 Å². The molecule has 1 amide bonds. The number of anilines is 1. The molecule has 3 aromatic rings. The van der Waals surface area contributed by atoms with Crippen molar-refractivity contribution in [3.63, 3.8) is 0 Å². The van der Waals surface area contributed by atoms with Crippen molar-refractivity contribution in [3.8, 4) is 11.3 Å². The molecule has 142 valence electrons. The van der Waals surface area contributed by atoms with Gasteiger partial charge in [-0.1, -0.05) is 11.6 Å². The fourth-order valence-electron chi connectivity index (χ4n) is 2.39. The van der Waals surface area contributed by atoms with Crippen LogP contribution in [0.15, 0.2) is 30.7 Å². The number of halogens is 1. The Morgan fingerprint density at radius 3 is 2.70 bits per heavy atom. The van der Waals surface area contributed by atoms with Crippen LogP contribution in [0.25, 0.3) is 22.3 Å². The van der Waals surface area contributed by atoms with Crippen LogP contribution in [0.2, 0.25) is 5.15 Å². The molecule has 0 saturated carbocycles. The van der Waals surface area contributed by atoms with Crippen molar-refractivity contribution in [2.45, 2.75) is 26.4 Å². The number of nitrogens with zero attached hydrogens (tertiary/aromatic N) is 3. The first-order valence-electron chi connectivity index (χ1n) is 8.48. The zero-order valence-corrected chi connectivity index (χ0v) is 16.1. The number of amides is 1. The van der Waals surface area contributed by atoms with Gasteiger partial charge in [0.2, 0.25) is 0 Å². The summed E-state index contributed by atoms with van der Waals surface area (Å²) in [5.41, 5.74) is 1.94. The number of pyridine rings is 1. The highest BCUT2D eigenvalue weighted by molar-refractivity contribution is 6.34. The third-order valence-electron chi connectivity index (χ3n) is 3.55. The Labute approximate surface area is 161 Å². The normalized spacial score (nSPS) is 11.4. The van der Waals surface area contributed by atoms with Crippen molar-refractivity contribution in [1.82, 2.24) is 25.3 Å². The number of carbonyl (C=O) groups is 1. The van der Waals surface area contributed by atoms with E-state index in [1.807, 2.05) is 39.0 Å². The topological polar surface area (TPSA) is 105 Å². The predicted molar refractivity (Wildman–Crippen MR) is 105 cm³/mol. The van der Waals surface area contributed by atoms with E-state index < -0.39 is 11.7 Å². The van der Waals surface area contributed by atoms with E-state index in [1.165, 1.54) is 6.33 Å². The molecule has 0 aliphatic rings. The molecule has 0 fully saturated rings. The number of nitrogens with one attached hydrogen (secondary N) is 3. The molecular weight excluding hydrogens is 368 g/mol. The zero-order valence-electron chi connectivity index (χ0n) is 15.3. The number of aromatic amines is 1. The van der Waals surface area contributed by atoms with Crippen LogP contribution in [0.5, 0.6) is 0 Å². The molecule has 8 nitrogen and oxygen atoms in total. The van der Waals surface area contributed by atoms with E-state index >= 15 is 0 Å². The number of carbonyl (C=O) groups excluding carboxylic acids is 1. The van der Waals surface area contributed by atoms with Gasteiger partial charge in [-0.2, -0.15) is 0 Å². The second-order valence-electron chi connectivity index (χ2n) is 6.90. The molecule has 0 aromatic carbocycles. The van der Waals surface area contributed by atoms with Gasteiger partial charge in [0, 0.05) is 30.5 Å². The summed E-state index contributed by atoms with van der Waals surface area (Å²) < 4.78 is 5.17. The fourth-order valence-corrected chi connectivity index (χ4v) is 2.58. The average Bonchev–Trinajstić information content (AvgIpc) is 3.03. The SMILES string of the molecule is CC(C)(C)OC(=O)NCCNc1ccc(-c2cc3c(Cl)ncnc3[nH]2)cn1. The van der Waals surface area contributed by atoms with Crippen molar-refractivity contribution >= 4 is 34.5 Å². The minimum absolute atomic E-state index is 0.409. The van der Waals surface area contributed by atoms with Crippen LogP contribution in [0.4, 0.5) is 10.6 Å². The van der Waals surface area contributed by atoms with Crippen molar-refractivity contribution in [2.75, 3.05) is 18.4 Å². The molecule has 0 saturated heterocycles. The van der Waals surface area contributed by atoms with E-state index in [0.717, 1.165) is 16.6 Å². The van der Waals surface area contributed by atoms with Crippen molar-refractivity contribution in [2.24, 2.45) is 0 Å². The molecule has 3 aromatic heterocycles. The first-order valence-corrected chi connectivity index (χ1v) is 8.86. The molecule has 0 unspecified atom stereocenters. The monoisotopic (exact) mass is 388 g/mol. The summed E-state index contributed by atoms with van der Waals surface area (Å²) in [6, 6.07) is 5.69. The number of H-pyrrole nitrogens is 1. The van der Waals surface area contributed by atoms with E-state index in [4.69, 9.17) is 16.3 Å². The number of aromatic nitrogens is 4. The standard InChI is InChI=1S/C18H21ClN6O2/c1-18(2,3)27-17(26)21-7-6-20-14-5-4-11(9-22-14)13-8-12-15(19)23-10-24-16(12)25-13/h4-5,8-10H,6-7H2,1-3H3,(H,20,22)(H,21,26)(H,23,24,25). The molecule has 0 aliphatic heterocycles. The van der Waals surface area contributed by atoms with Crippen molar-refractivity contribution in [1.29, 1.82) is 0 Å². The summed E-state index contributed by atoms with van der Waals surface area (Å²) in [6.45, 7) is 6.43. The summed E-state index contributed by atoms with van der Waals surface area (Å²) in [6.07, 6.45) is 2.73. The van der Waals surface area contributed by atoms with Gasteiger partial charge in [-0.15, -0.1) is 0 Å². The molecule has 0 bridgehead atoms. The number of ether oxygens (including phenoxy) is 1. The number of alkyl carbamates (subject to hydrolysis) is 1. The molecule has 0 spiro atoms. The lowest BCUT2D eigenvalue weighted by molar-refractivity contribution is 0.0530. The molecule has 0 aliphatic carbocycles. The molecule has 3 rings (SSSR count). The van der Waals surface area contributed by atoms with Crippen LogP contribution < -0.4 is 10.6 Å². The third kappa shape index (κ3) is 5.07. The molecule has 3 N–H and O–H groups in total. The van der Waals surface area contributed by atoms with E-state index in [-0.39, 0.29) is 0 Å². The molecule has 9 heteroatoms. The van der Waals surface area contributed by atoms with E-state index in [9.17, 15) is 4.79 Å². The van der Waals surface area contributed by atoms with Crippen LogP contribution in [0.1, 0.15) is 20.8 Å². The van der Waals surface area contributed by atoms with Crippen LogP contribution in [-0.4, -0.2) is 44.7 Å². The maximum atomic E-state index is 11.6. The third-order valence-corrected chi connectivity index (χ3v) is 3.85. The second kappa shape index (κ2) is 7.79. The first kappa shape index (κ1) is 18.9. The van der Waals surface area contributed by atoms with Gasteiger partial charge in [0.1, 0.15) is 28.5 Å². The molecule has 3 heterocycles. The molecule has 27 heavy (non-hydrogen) atoms. The van der Waals surface area contributed by atoms with Crippen LogP contribution in [0.3, 0.4) is 0 Å². The summed E-state index contributed by atoms with van der Waals surface area (Å²) in [5, 5.41) is 7.00. The lowest BCUT2D eigenvalue weighted by atomic mass is 10.2. The highest BCUT2D eigenvalue weighted by atomic mass is 35.5. The zero-order chi connectivity index (χ0) is 19.4. The van der Waals surface area contributed by atoms with Crippen molar-refractivity contribution < 1.29 is 9.53 Å². The number of hydrogen-bond donors (Lipinski definition) is 3. The van der Waals surface area contributed by atoms with Gasteiger partial charge in [0.15, 0.2) is 0 Å². The number of rotatable bonds is 5. The molecule has 0 atom stereocenters. The summed E-state index contributed by atoms with van der Waals surface area (Å²) in [4.78, 5) is 27.3. The summed E-state index contributed by atoms with van der Waals surface area (Å²) >= 11 is 6.08. The minimum Gasteiger partial charge on any atom is -0.444 e. The van der Waals surface area contributed by atoms with Crippen LogP contribution in [-0.2, 0) is 4.74 Å². The molecule has 0 radical (unpaired) electrons. The Bertz CT molecular complexity index is 933. The smallest absolute Gasteiger partial charge is 0.407 e. The van der Waals surface area contributed by atoms with E-state index in [0.29, 0.717) is 29.7 Å². The van der Waals surface area contributed by atoms with Gasteiger partial charge in [0.05, 0.1) is 5.39 Å². The number of hydrogen-bond acceptors (Lipinski definition) is 6. The van der Waals surface area contributed by atoms with Gasteiger partial charge in [-0.05, 0) is 39.0 Å². The Kier molecular flexibility index (Phi) is 5.46. The van der Waals surface area contributed by atoms with Crippen LogP contribution in [0, 0.1) is 0 Å². The summed E-state index contributed by atoms with van der Waals surface area (Å²) in [7, 11) is 0. The average molecular weight is 389 g/mol. The largest absolute Gasteiger partial charge is 0.444 e. The lowest BCUT2D eigenvalue weighted by Gasteiger charge is -2.19. The Balaban J connectivity index is 1.54. The maximum absolute atomic E-state index is 11.6. The maximum Gasteiger partial charge on any atom is 0.407 e. The Morgan fingerprint density at radius 2 is 2.04 bits per heavy atom. The quantitative estimate of drug-likeness (QED) is 0.455. The van der Waals surface area contributed by atoms with Gasteiger partial charge < -0.3 is 20.4 Å². The predicted octanol–water partition coefficient (Wildman–Crippen LogP) is 3.61. The summed E-state index contributed by atoms with van der Waals surface area (Å²) in [5.74, 6) is 0.707. The Hall–Kier alpha value is -2.87. The highest BCUT2D eigenvalue weighted by Crippen LogP contribution is 2.26. The lowest BCUT2D eigenvalue weighted by Crippen LogP contribution is -2.35. The molecular formula is C18H21ClN6O2. The number of fused-ring (bicyclic) bond motifs is 1. The van der Waals surface area contributed by atoms with Crippen LogP contribution >= 0.6 is 11.6 Å². The van der Waals surface area contributed by atoms with Gasteiger partial charge >= 0.3 is 6.09 Å². The highest BCUT2D eigenvalue weighted by Gasteiger charge is 2.15.